The van der Waals surface area contributed by atoms with Gasteiger partial charge in [0.05, 0.1) is 67.9 Å². The fraction of sp³-hybridized carbons (Fsp3) is 0.293. The molecular weight excluding hydrogens is 1440 g/mol. The molecule has 0 aliphatic rings. The summed E-state index contributed by atoms with van der Waals surface area (Å²) in [5, 5.41) is 10.5. The number of aromatic nitrogens is 12. The van der Waals surface area contributed by atoms with E-state index in [0.29, 0.717) is 45.3 Å². The first-order valence-corrected chi connectivity index (χ1v) is 33.6. The topological polar surface area (TPSA) is 366 Å². The number of alkyl halides is 6. The number of nitrogens with one attached hydrogen (secondary N) is 3. The fourth-order valence-electron chi connectivity index (χ4n) is 8.82. The van der Waals surface area contributed by atoms with Gasteiger partial charge in [-0.3, -0.25) is 29.1 Å². The molecule has 7 aromatic heterocycles. The molecular formula is C58H56ClF9N14O15S3. The van der Waals surface area contributed by atoms with Crippen LogP contribution < -0.4 is 38.7 Å². The van der Waals surface area contributed by atoms with Crippen molar-refractivity contribution in [1.29, 1.82) is 0 Å². The average Bonchev–Trinajstić information content (AvgIpc) is 1.34. The van der Waals surface area contributed by atoms with Crippen LogP contribution >= 0.6 is 11.6 Å². The van der Waals surface area contributed by atoms with Gasteiger partial charge < -0.3 is 28.4 Å². The van der Waals surface area contributed by atoms with Crippen LogP contribution in [0, 0.1) is 24.4 Å². The third-order valence-electron chi connectivity index (χ3n) is 13.4. The van der Waals surface area contributed by atoms with Crippen molar-refractivity contribution in [2.75, 3.05) is 50.7 Å². The maximum Gasteiger partial charge on any atom is 0.418 e. The van der Waals surface area contributed by atoms with Crippen LogP contribution in [0.2, 0.25) is 5.02 Å². The first-order valence-electron chi connectivity index (χ1n) is 28.4. The van der Waals surface area contributed by atoms with E-state index in [0.717, 1.165) is 84.0 Å². The van der Waals surface area contributed by atoms with E-state index in [9.17, 15) is 79.2 Å². The molecule has 1 unspecified atom stereocenters. The average molecular weight is 1490 g/mol. The van der Waals surface area contributed by atoms with Crippen LogP contribution in [0.15, 0.2) is 111 Å². The summed E-state index contributed by atoms with van der Waals surface area (Å²) in [4.78, 5) is 57.1. The minimum atomic E-state index is -4.98. The molecule has 0 aliphatic heterocycles. The van der Waals surface area contributed by atoms with Crippen molar-refractivity contribution in [3.05, 3.63) is 152 Å². The van der Waals surface area contributed by atoms with Crippen molar-refractivity contribution in [2.24, 2.45) is 7.05 Å². The van der Waals surface area contributed by atoms with Gasteiger partial charge in [-0.15, -0.1) is 10.2 Å². The molecule has 7 heterocycles. The lowest BCUT2D eigenvalue weighted by Gasteiger charge is -2.15. The van der Waals surface area contributed by atoms with E-state index in [4.69, 9.17) is 40.0 Å². The summed E-state index contributed by atoms with van der Waals surface area (Å²) in [7, 11) is -7.35. The van der Waals surface area contributed by atoms with E-state index >= 15 is 0 Å². The van der Waals surface area contributed by atoms with Crippen LogP contribution in [-0.4, -0.2) is 143 Å². The number of ketones is 1. The normalized spacial score (nSPS) is 12.1. The zero-order chi connectivity index (χ0) is 74.0. The molecule has 0 spiro atoms. The second kappa shape index (κ2) is 31.6. The van der Waals surface area contributed by atoms with Gasteiger partial charge >= 0.3 is 24.3 Å². The van der Waals surface area contributed by atoms with E-state index in [1.165, 1.54) is 41.4 Å². The SMILES string of the molecule is CCCCCC(C)OC(=O)COc1ccc(Cl)c2cccnc12.COc1cc(OC)n2nc(NS(=O)(=O)c3c(C(F)(F)F)ccnc3OC)nc2n1.COc1ncc(F)c2nc(S(=O)(=O)Nc3c(F)cccc3F)nn12.Cc1[nH]n(C)c(=O)c1C(=O)c1ccc(C(F)(F)F)cc1S(C)(=O)=O. The van der Waals surface area contributed by atoms with E-state index in [1.54, 1.807) is 23.1 Å². The third-order valence-corrected chi connectivity index (χ3v) is 17.4. The summed E-state index contributed by atoms with van der Waals surface area (Å²) >= 11 is 6.13. The van der Waals surface area contributed by atoms with Crippen LogP contribution in [0.25, 0.3) is 22.3 Å². The summed E-state index contributed by atoms with van der Waals surface area (Å²) in [5.41, 5.74) is -4.70. The van der Waals surface area contributed by atoms with E-state index in [-0.39, 0.29) is 53.5 Å². The summed E-state index contributed by atoms with van der Waals surface area (Å²) < 4.78 is 230. The lowest BCUT2D eigenvalue weighted by molar-refractivity contribution is -0.151. The molecule has 0 aliphatic carbocycles. The Morgan fingerprint density at radius 3 is 2.05 bits per heavy atom. The fourth-order valence-corrected chi connectivity index (χ4v) is 12.2. The Morgan fingerprint density at radius 1 is 0.750 bits per heavy atom. The Hall–Kier alpha value is -10.4. The first kappa shape index (κ1) is 76.9. The molecule has 0 amide bonds. The van der Waals surface area contributed by atoms with Crippen LogP contribution in [-0.2, 0) is 58.8 Å². The molecule has 29 nitrogen and oxygen atoms in total. The largest absolute Gasteiger partial charge is 0.481 e. The number of unbranched alkanes of at least 4 members (excludes halogenated alkanes) is 2. The minimum absolute atomic E-state index is 0.0854. The van der Waals surface area contributed by atoms with Gasteiger partial charge in [-0.1, -0.05) is 37.4 Å². The number of sulfonamides is 2. The Labute approximate surface area is 565 Å². The molecule has 42 heteroatoms. The standard InChI is InChI=1S/C18H22ClNO3.C14H13F3N6O5S.C14H13F3N2O4S.C12H8F3N5O3S/c1-3-4-5-7-13(2)23-17(21)12-22-16-10-9-15(19)14-8-6-11-20-18(14)16;1-26-8-6-9(27-2)23-13(19-8)20-12(21-23)22-29(24,25)10-7(14(15,16)17)4-5-18-11(10)28-3;1-7-11(13(21)19(2)18-7)12(20)9-5-4-8(14(15,16)17)6-10(9)24(3,22)23;1-23-12-16-5-8(15)10-17-11(18-20(10)12)24(21,22)19-9-6(13)3-2-4-7(9)14/h6,8-11,13H,3-5,7,12H2,1-2H3;4-6H,1-3H3,(H,21,22);4-6,18H,1-3H3;2-5,19H,1H3. The number of aryl methyl sites for hydroxylation is 2. The lowest BCUT2D eigenvalue weighted by atomic mass is 10.0. The third kappa shape index (κ3) is 18.3. The number of hydrogen-bond donors (Lipinski definition) is 3. The Kier molecular flexibility index (Phi) is 24.3. The van der Waals surface area contributed by atoms with E-state index in [2.05, 4.69) is 52.1 Å². The number of nitrogens with zero attached hydrogens (tertiary/aromatic N) is 11. The molecule has 3 aromatic carbocycles. The van der Waals surface area contributed by atoms with Crippen LogP contribution in [0.3, 0.4) is 0 Å². The van der Waals surface area contributed by atoms with Gasteiger partial charge in [-0.05, 0) is 87.4 Å². The maximum atomic E-state index is 13.7. The predicted octanol–water partition coefficient (Wildman–Crippen LogP) is 9.17. The number of H-pyrrole nitrogens is 1. The van der Waals surface area contributed by atoms with Crippen molar-refractivity contribution in [3.63, 3.8) is 0 Å². The second-order valence-corrected chi connectivity index (χ2v) is 26.1. The predicted molar refractivity (Wildman–Crippen MR) is 336 cm³/mol. The van der Waals surface area contributed by atoms with Crippen LogP contribution in [0.1, 0.15) is 72.3 Å². The number of halogens is 10. The highest BCUT2D eigenvalue weighted by Crippen LogP contribution is 2.39. The molecule has 0 saturated carbocycles. The molecule has 0 radical (unpaired) electrons. The van der Waals surface area contributed by atoms with Gasteiger partial charge in [-0.25, -0.2) is 49.5 Å². The highest BCUT2D eigenvalue weighted by molar-refractivity contribution is 7.93. The number of para-hydroxylation sites is 1. The number of sulfone groups is 1. The van der Waals surface area contributed by atoms with Crippen molar-refractivity contribution >= 4 is 87.2 Å². The van der Waals surface area contributed by atoms with Crippen molar-refractivity contribution in [3.8, 4) is 29.4 Å². The van der Waals surface area contributed by atoms with Gasteiger partial charge in [0.25, 0.3) is 42.5 Å². The van der Waals surface area contributed by atoms with Crippen molar-refractivity contribution < 1.29 is 103 Å². The highest BCUT2D eigenvalue weighted by atomic mass is 35.5. The number of ether oxygens (including phenoxy) is 6. The number of carbonyl (C=O) groups excluding carboxylic acids is 2. The molecule has 3 N–H and O–H groups in total. The molecule has 0 saturated heterocycles. The van der Waals surface area contributed by atoms with Gasteiger partial charge in [-0.2, -0.15) is 58.7 Å². The number of fused-ring (bicyclic) bond motifs is 3. The molecule has 0 bridgehead atoms. The molecule has 10 aromatic rings. The number of rotatable bonds is 21. The molecule has 0 fully saturated rings. The van der Waals surface area contributed by atoms with Crippen molar-refractivity contribution in [2.45, 2.75) is 79.9 Å². The number of anilines is 2. The maximum absolute atomic E-state index is 13.7. The van der Waals surface area contributed by atoms with E-state index in [1.807, 2.05) is 23.8 Å². The van der Waals surface area contributed by atoms with Gasteiger partial charge in [0.2, 0.25) is 23.4 Å². The lowest BCUT2D eigenvalue weighted by Crippen LogP contribution is -2.21. The number of benzene rings is 3. The first-order chi connectivity index (χ1) is 46.9. The van der Waals surface area contributed by atoms with Gasteiger partial charge in [0.15, 0.2) is 32.8 Å². The van der Waals surface area contributed by atoms with Crippen molar-refractivity contribution in [1.82, 2.24) is 58.9 Å². The second-order valence-electron chi connectivity index (χ2n) is 20.5. The minimum Gasteiger partial charge on any atom is -0.481 e. The summed E-state index contributed by atoms with van der Waals surface area (Å²) in [6.45, 7) is 5.35. The van der Waals surface area contributed by atoms with Crippen LogP contribution in [0.5, 0.6) is 29.4 Å². The Bertz CT molecular complexity index is 5080. The highest BCUT2D eigenvalue weighted by Gasteiger charge is 2.41. The summed E-state index contributed by atoms with van der Waals surface area (Å²) in [6, 6.07) is 13.3. The summed E-state index contributed by atoms with van der Waals surface area (Å²) in [5.74, 6) is -5.23. The quantitative estimate of drug-likeness (QED) is 0.0261. The Morgan fingerprint density at radius 2 is 1.45 bits per heavy atom. The molecule has 536 valence electrons. The number of carbonyl (C=O) groups is 2. The van der Waals surface area contributed by atoms with Crippen LogP contribution in [0.4, 0.5) is 51.1 Å². The van der Waals surface area contributed by atoms with Gasteiger partial charge in [0, 0.05) is 42.3 Å². The summed E-state index contributed by atoms with van der Waals surface area (Å²) in [6.07, 6.45) is -1.66. The van der Waals surface area contributed by atoms with E-state index < -0.39 is 126 Å². The molecule has 1 atom stereocenters. The molecule has 100 heavy (non-hydrogen) atoms. The zero-order valence-corrected chi connectivity index (χ0v) is 56.5. The number of hydrogen-bond acceptors (Lipinski definition) is 23. The number of aromatic amines is 1. The zero-order valence-electron chi connectivity index (χ0n) is 53.3. The number of esters is 1. The number of pyridine rings is 2. The van der Waals surface area contributed by atoms with Gasteiger partial charge in [0.1, 0.15) is 34.2 Å². The Balaban J connectivity index is 0.000000188. The molecule has 10 rings (SSSR count). The number of methoxy groups -OCH3 is 4. The monoisotopic (exact) mass is 1490 g/mol. The smallest absolute Gasteiger partial charge is 0.418 e.